The molecular weight excluding hydrogens is 274 g/mol. The molecule has 2 unspecified atom stereocenters. The van der Waals surface area contributed by atoms with Crippen molar-refractivity contribution in [2.24, 2.45) is 0 Å². The number of aliphatic hydroxyl groups excluding tert-OH is 1. The molecule has 1 aliphatic heterocycles. The number of benzene rings is 1. The number of β-amino-alcohol motifs (C(OH)–C–C–N with tert-alkyl or cyclic N) is 1. The number of nitrogens with zero attached hydrogens (tertiary/aromatic N) is 1. The van der Waals surface area contributed by atoms with Crippen LogP contribution in [0.4, 0.5) is 0 Å². The molecule has 0 radical (unpaired) electrons. The summed E-state index contributed by atoms with van der Waals surface area (Å²) in [5, 5.41) is 10.6. The first-order chi connectivity index (χ1) is 9.69. The van der Waals surface area contributed by atoms with Crippen LogP contribution in [0.15, 0.2) is 36.9 Å². The van der Waals surface area contributed by atoms with Crippen LogP contribution in [0.25, 0.3) is 0 Å². The highest BCUT2D eigenvalue weighted by atomic mass is 35.5. The Morgan fingerprint density at radius 1 is 1.50 bits per heavy atom. The third kappa shape index (κ3) is 4.51. The van der Waals surface area contributed by atoms with Crippen molar-refractivity contribution in [1.82, 2.24) is 4.90 Å². The van der Waals surface area contributed by atoms with E-state index in [2.05, 4.69) is 11.5 Å². The summed E-state index contributed by atoms with van der Waals surface area (Å²) in [6.45, 7) is 6.18. The summed E-state index contributed by atoms with van der Waals surface area (Å²) < 4.78 is 5.93. The van der Waals surface area contributed by atoms with E-state index in [4.69, 9.17) is 16.3 Å². The van der Waals surface area contributed by atoms with Gasteiger partial charge in [0.25, 0.3) is 0 Å². The second kappa shape index (κ2) is 7.67. The first-order valence-corrected chi connectivity index (χ1v) is 7.49. The van der Waals surface area contributed by atoms with Crippen LogP contribution in [0.2, 0.25) is 5.02 Å². The molecule has 20 heavy (non-hydrogen) atoms. The summed E-state index contributed by atoms with van der Waals surface area (Å²) in [5.41, 5.74) is 0. The molecule has 1 aromatic rings. The van der Waals surface area contributed by atoms with Crippen LogP contribution < -0.4 is 4.74 Å². The first-order valence-electron chi connectivity index (χ1n) is 7.11. The van der Waals surface area contributed by atoms with E-state index >= 15 is 0 Å². The fourth-order valence-corrected chi connectivity index (χ4v) is 2.66. The van der Waals surface area contributed by atoms with Crippen molar-refractivity contribution in [1.29, 1.82) is 0 Å². The molecule has 3 nitrogen and oxygen atoms in total. The monoisotopic (exact) mass is 295 g/mol. The zero-order chi connectivity index (χ0) is 14.4. The Labute approximate surface area is 125 Å². The number of halogens is 1. The lowest BCUT2D eigenvalue weighted by molar-refractivity contribution is 0.110. The summed E-state index contributed by atoms with van der Waals surface area (Å²) in [5.74, 6) is 0.744. The molecule has 1 heterocycles. The maximum atomic E-state index is 9.91. The summed E-state index contributed by atoms with van der Waals surface area (Å²) in [6, 6.07) is 7.55. The molecule has 2 atom stereocenters. The largest absolute Gasteiger partial charge is 0.487 e. The van der Waals surface area contributed by atoms with E-state index in [9.17, 15) is 5.11 Å². The van der Waals surface area contributed by atoms with Gasteiger partial charge in [0.05, 0.1) is 11.1 Å². The van der Waals surface area contributed by atoms with Crippen molar-refractivity contribution in [2.45, 2.75) is 31.5 Å². The number of likely N-dealkylation sites (tertiary alicyclic amines) is 1. The Kier molecular flexibility index (Phi) is 5.89. The van der Waals surface area contributed by atoms with Crippen molar-refractivity contribution >= 4 is 11.6 Å². The normalized spacial score (nSPS) is 20.8. The maximum absolute atomic E-state index is 9.91. The molecule has 4 heteroatoms. The molecule has 0 spiro atoms. The van der Waals surface area contributed by atoms with Crippen LogP contribution in [0.1, 0.15) is 19.3 Å². The minimum Gasteiger partial charge on any atom is -0.487 e. The van der Waals surface area contributed by atoms with Gasteiger partial charge in [-0.25, -0.2) is 0 Å². The summed E-state index contributed by atoms with van der Waals surface area (Å²) in [6.07, 6.45) is 4.31. The van der Waals surface area contributed by atoms with E-state index in [0.29, 0.717) is 11.6 Å². The molecule has 2 rings (SSSR count). The van der Waals surface area contributed by atoms with Crippen molar-refractivity contribution < 1.29 is 9.84 Å². The van der Waals surface area contributed by atoms with Gasteiger partial charge in [-0.1, -0.05) is 29.8 Å². The third-order valence-electron chi connectivity index (χ3n) is 3.53. The van der Waals surface area contributed by atoms with Gasteiger partial charge in [0.2, 0.25) is 0 Å². The molecule has 0 aliphatic carbocycles. The zero-order valence-electron chi connectivity index (χ0n) is 11.7. The van der Waals surface area contributed by atoms with E-state index in [1.807, 2.05) is 30.3 Å². The summed E-state index contributed by atoms with van der Waals surface area (Å²) in [4.78, 5) is 2.25. The number of aliphatic hydroxyl groups is 1. The predicted octanol–water partition coefficient (Wildman–Crippen LogP) is 3.12. The van der Waals surface area contributed by atoms with Crippen LogP contribution in [0.3, 0.4) is 0 Å². The Bertz CT molecular complexity index is 438. The maximum Gasteiger partial charge on any atom is 0.138 e. The molecule has 1 N–H and O–H groups in total. The molecule has 0 saturated carbocycles. The van der Waals surface area contributed by atoms with Gasteiger partial charge in [0, 0.05) is 19.6 Å². The lowest BCUT2D eigenvalue weighted by Crippen LogP contribution is -2.32. The molecule has 0 amide bonds. The lowest BCUT2D eigenvalue weighted by atomic mass is 10.2. The standard InChI is InChI=1S/C16H22ClNO2/c1-2-3-6-13(19)11-18-10-9-14(12-18)20-16-8-5-4-7-15(16)17/h2,4-5,7-8,13-14,19H,1,3,6,9-12H2. The minimum atomic E-state index is -0.285. The van der Waals surface area contributed by atoms with E-state index in [-0.39, 0.29) is 12.2 Å². The van der Waals surface area contributed by atoms with Gasteiger partial charge in [-0.05, 0) is 31.4 Å². The lowest BCUT2D eigenvalue weighted by Gasteiger charge is -2.20. The molecule has 1 aromatic carbocycles. The van der Waals surface area contributed by atoms with Gasteiger partial charge in [0.15, 0.2) is 0 Å². The molecule has 110 valence electrons. The van der Waals surface area contributed by atoms with Crippen LogP contribution in [0, 0.1) is 0 Å². The first kappa shape index (κ1) is 15.4. The van der Waals surface area contributed by atoms with Crippen LogP contribution in [-0.4, -0.2) is 41.8 Å². The van der Waals surface area contributed by atoms with E-state index in [1.165, 1.54) is 0 Å². The molecule has 0 bridgehead atoms. The van der Waals surface area contributed by atoms with Gasteiger partial charge in [-0.3, -0.25) is 4.90 Å². The average molecular weight is 296 g/mol. The van der Waals surface area contributed by atoms with Crippen LogP contribution in [0.5, 0.6) is 5.75 Å². The predicted molar refractivity (Wildman–Crippen MR) is 82.4 cm³/mol. The Hall–Kier alpha value is -1.03. The average Bonchev–Trinajstić information content (AvgIpc) is 2.86. The second-order valence-corrected chi connectivity index (χ2v) is 5.65. The minimum absolute atomic E-state index is 0.154. The van der Waals surface area contributed by atoms with E-state index in [1.54, 1.807) is 0 Å². The van der Waals surface area contributed by atoms with Crippen molar-refractivity contribution in [3.8, 4) is 5.75 Å². The summed E-state index contributed by atoms with van der Waals surface area (Å²) in [7, 11) is 0. The van der Waals surface area contributed by atoms with Crippen LogP contribution in [-0.2, 0) is 0 Å². The van der Waals surface area contributed by atoms with Crippen LogP contribution >= 0.6 is 11.6 Å². The molecule has 1 fully saturated rings. The van der Waals surface area contributed by atoms with Gasteiger partial charge in [-0.2, -0.15) is 0 Å². The van der Waals surface area contributed by atoms with E-state index < -0.39 is 0 Å². The number of ether oxygens (including phenoxy) is 1. The van der Waals surface area contributed by atoms with Crippen molar-refractivity contribution in [3.63, 3.8) is 0 Å². The van der Waals surface area contributed by atoms with Gasteiger partial charge < -0.3 is 9.84 Å². The van der Waals surface area contributed by atoms with E-state index in [0.717, 1.165) is 38.1 Å². The fraction of sp³-hybridized carbons (Fsp3) is 0.500. The highest BCUT2D eigenvalue weighted by molar-refractivity contribution is 6.32. The highest BCUT2D eigenvalue weighted by Crippen LogP contribution is 2.26. The Balaban J connectivity index is 1.78. The van der Waals surface area contributed by atoms with Gasteiger partial charge in [0.1, 0.15) is 11.9 Å². The number of rotatable bonds is 7. The Morgan fingerprint density at radius 3 is 3.05 bits per heavy atom. The number of hydrogen-bond donors (Lipinski definition) is 1. The zero-order valence-corrected chi connectivity index (χ0v) is 12.4. The molecule has 1 aliphatic rings. The number of allylic oxidation sites excluding steroid dienone is 1. The smallest absolute Gasteiger partial charge is 0.138 e. The SMILES string of the molecule is C=CCCC(O)CN1CCC(Oc2ccccc2Cl)C1. The van der Waals surface area contributed by atoms with Gasteiger partial charge in [-0.15, -0.1) is 6.58 Å². The fourth-order valence-electron chi connectivity index (χ4n) is 2.48. The molecular formula is C16H22ClNO2. The van der Waals surface area contributed by atoms with Gasteiger partial charge >= 0.3 is 0 Å². The third-order valence-corrected chi connectivity index (χ3v) is 3.84. The second-order valence-electron chi connectivity index (χ2n) is 5.24. The molecule has 1 saturated heterocycles. The topological polar surface area (TPSA) is 32.7 Å². The number of hydrogen-bond acceptors (Lipinski definition) is 3. The Morgan fingerprint density at radius 2 is 2.30 bits per heavy atom. The quantitative estimate of drug-likeness (QED) is 0.785. The summed E-state index contributed by atoms with van der Waals surface area (Å²) >= 11 is 6.09. The molecule has 0 aromatic heterocycles. The van der Waals surface area contributed by atoms with Crippen molar-refractivity contribution in [3.05, 3.63) is 41.9 Å². The number of para-hydroxylation sites is 1. The van der Waals surface area contributed by atoms with Crippen molar-refractivity contribution in [2.75, 3.05) is 19.6 Å². The highest BCUT2D eigenvalue weighted by Gasteiger charge is 2.25.